The minimum Gasteiger partial charge on any atom is -0.465 e. The van der Waals surface area contributed by atoms with E-state index < -0.39 is 5.56 Å². The van der Waals surface area contributed by atoms with Crippen molar-refractivity contribution >= 4 is 23.1 Å². The van der Waals surface area contributed by atoms with Crippen LogP contribution in [0.25, 0.3) is 11.2 Å². The summed E-state index contributed by atoms with van der Waals surface area (Å²) < 4.78 is 7.21. The Kier molecular flexibility index (Phi) is 17.2. The third-order valence-corrected chi connectivity index (χ3v) is 7.45. The lowest BCUT2D eigenvalue weighted by molar-refractivity contribution is -0.145. The summed E-state index contributed by atoms with van der Waals surface area (Å²) in [5.74, 6) is -0.295. The Morgan fingerprint density at radius 2 is 1.49 bits per heavy atom. The maximum absolute atomic E-state index is 12.2. The highest BCUT2D eigenvalue weighted by Gasteiger charge is 2.16. The van der Waals surface area contributed by atoms with E-state index in [9.17, 15) is 14.7 Å². The number of unbranched alkanes of at least 4 members (excludes halogenated alkanes) is 16. The number of H-pyrrole nitrogens is 1. The number of rotatable bonds is 24. The summed E-state index contributed by atoms with van der Waals surface area (Å²) >= 11 is 0. The highest BCUT2D eigenvalue weighted by molar-refractivity contribution is 5.70. The number of nitrogens with one attached hydrogen (secondary N) is 1. The number of aromatic amines is 1. The molecule has 222 valence electrons. The zero-order valence-corrected chi connectivity index (χ0v) is 24.3. The van der Waals surface area contributed by atoms with E-state index in [1.807, 2.05) is 0 Å². The number of carbonyl (C=O) groups is 1. The molecule has 0 saturated heterocycles. The van der Waals surface area contributed by atoms with Crippen LogP contribution in [0.1, 0.15) is 129 Å². The molecule has 2 aromatic heterocycles. The lowest BCUT2D eigenvalue weighted by atomic mass is 10.0. The molecule has 0 aliphatic heterocycles. The van der Waals surface area contributed by atoms with Crippen molar-refractivity contribution in [3.8, 4) is 0 Å². The van der Waals surface area contributed by atoms with E-state index in [4.69, 9.17) is 10.5 Å². The van der Waals surface area contributed by atoms with Crippen molar-refractivity contribution in [2.24, 2.45) is 5.92 Å². The highest BCUT2D eigenvalue weighted by atomic mass is 16.5. The quantitative estimate of drug-likeness (QED) is 0.104. The first-order valence-corrected chi connectivity index (χ1v) is 15.5. The number of carbonyl (C=O) groups excluding carboxylic acids is 1. The Hall–Kier alpha value is -2.42. The summed E-state index contributed by atoms with van der Waals surface area (Å²) in [5.41, 5.74) is 5.86. The van der Waals surface area contributed by atoms with Gasteiger partial charge in [0.05, 0.1) is 12.9 Å². The second-order valence-corrected chi connectivity index (χ2v) is 11.0. The van der Waals surface area contributed by atoms with Crippen molar-refractivity contribution in [2.45, 2.75) is 135 Å². The van der Waals surface area contributed by atoms with Crippen LogP contribution in [0.15, 0.2) is 11.1 Å². The number of aliphatic hydroxyl groups is 1. The van der Waals surface area contributed by atoms with Gasteiger partial charge < -0.3 is 20.1 Å². The summed E-state index contributed by atoms with van der Waals surface area (Å²) in [6.07, 6.45) is 24.7. The van der Waals surface area contributed by atoms with Crippen LogP contribution in [0.4, 0.5) is 5.95 Å². The van der Waals surface area contributed by atoms with E-state index in [-0.39, 0.29) is 36.6 Å². The maximum Gasteiger partial charge on any atom is 0.305 e. The fourth-order valence-corrected chi connectivity index (χ4v) is 5.07. The number of ether oxygens (including phenoxy) is 1. The summed E-state index contributed by atoms with van der Waals surface area (Å²) in [5, 5.41) is 9.44. The predicted octanol–water partition coefficient (Wildman–Crippen LogP) is 6.29. The molecule has 1 unspecified atom stereocenters. The van der Waals surface area contributed by atoms with Crippen molar-refractivity contribution in [1.29, 1.82) is 0 Å². The monoisotopic (exact) mass is 547 g/mol. The normalized spacial score (nSPS) is 12.3. The van der Waals surface area contributed by atoms with Crippen LogP contribution in [0, 0.1) is 5.92 Å². The van der Waals surface area contributed by atoms with Gasteiger partial charge in [-0.1, -0.05) is 110 Å². The van der Waals surface area contributed by atoms with Gasteiger partial charge in [0.15, 0.2) is 11.2 Å². The number of nitrogen functional groups attached to an aromatic ring is 1. The molecule has 39 heavy (non-hydrogen) atoms. The molecule has 2 aromatic rings. The Bertz CT molecular complexity index is 974. The van der Waals surface area contributed by atoms with Crippen LogP contribution < -0.4 is 11.3 Å². The molecule has 0 bridgehead atoms. The molecule has 9 nitrogen and oxygen atoms in total. The largest absolute Gasteiger partial charge is 0.465 e. The van der Waals surface area contributed by atoms with Crippen molar-refractivity contribution in [2.75, 3.05) is 18.9 Å². The van der Waals surface area contributed by atoms with Crippen molar-refractivity contribution in [3.05, 3.63) is 16.7 Å². The van der Waals surface area contributed by atoms with Gasteiger partial charge in [-0.2, -0.15) is 4.98 Å². The van der Waals surface area contributed by atoms with Crippen molar-refractivity contribution in [1.82, 2.24) is 19.5 Å². The molecule has 1 atom stereocenters. The van der Waals surface area contributed by atoms with E-state index in [1.165, 1.54) is 103 Å². The topological polar surface area (TPSA) is 136 Å². The van der Waals surface area contributed by atoms with E-state index >= 15 is 0 Å². The van der Waals surface area contributed by atoms with Gasteiger partial charge in [0.1, 0.15) is 0 Å². The van der Waals surface area contributed by atoms with Gasteiger partial charge in [-0.25, -0.2) is 4.98 Å². The molecule has 0 fully saturated rings. The lowest BCUT2D eigenvalue weighted by Gasteiger charge is -2.17. The van der Waals surface area contributed by atoms with E-state index in [2.05, 4.69) is 21.9 Å². The third kappa shape index (κ3) is 14.0. The van der Waals surface area contributed by atoms with Crippen LogP contribution in [-0.4, -0.2) is 43.8 Å². The smallest absolute Gasteiger partial charge is 0.305 e. The fraction of sp³-hybridized carbons (Fsp3) is 0.800. The molecule has 0 radical (unpaired) electrons. The number of nitrogens with two attached hydrogens (primary N) is 1. The summed E-state index contributed by atoms with van der Waals surface area (Å²) in [4.78, 5) is 34.9. The van der Waals surface area contributed by atoms with Crippen molar-refractivity contribution < 1.29 is 14.6 Å². The van der Waals surface area contributed by atoms with Crippen LogP contribution >= 0.6 is 0 Å². The minimum absolute atomic E-state index is 0.0217. The Labute approximate surface area is 234 Å². The maximum atomic E-state index is 12.2. The average Bonchev–Trinajstić information content (AvgIpc) is 3.31. The Morgan fingerprint density at radius 3 is 2.03 bits per heavy atom. The number of anilines is 1. The molecular formula is C30H53N5O4. The number of esters is 1. The number of aliphatic hydroxyl groups excluding tert-OH is 1. The van der Waals surface area contributed by atoms with Gasteiger partial charge in [0.2, 0.25) is 5.95 Å². The van der Waals surface area contributed by atoms with E-state index in [0.717, 1.165) is 12.8 Å². The van der Waals surface area contributed by atoms with Gasteiger partial charge in [-0.3, -0.25) is 14.6 Å². The minimum atomic E-state index is -0.393. The molecule has 0 aliphatic carbocycles. The molecule has 2 rings (SSSR count). The zero-order valence-electron chi connectivity index (χ0n) is 24.3. The van der Waals surface area contributed by atoms with E-state index in [0.29, 0.717) is 25.0 Å². The first kappa shape index (κ1) is 32.8. The third-order valence-electron chi connectivity index (χ3n) is 7.45. The number of imidazole rings is 1. The number of hydrogen-bond acceptors (Lipinski definition) is 7. The number of aromatic nitrogens is 4. The summed E-state index contributed by atoms with van der Waals surface area (Å²) in [6, 6.07) is 0. The molecule has 0 spiro atoms. The molecule has 0 aliphatic rings. The molecule has 4 N–H and O–H groups in total. The molecule has 2 heterocycles. The molecule has 0 saturated carbocycles. The Balaban J connectivity index is 1.47. The second-order valence-electron chi connectivity index (χ2n) is 11.0. The molecule has 9 heteroatoms. The van der Waals surface area contributed by atoms with Gasteiger partial charge in [-0.05, 0) is 12.8 Å². The lowest BCUT2D eigenvalue weighted by Crippen LogP contribution is -2.21. The average molecular weight is 548 g/mol. The van der Waals surface area contributed by atoms with Crippen LogP contribution in [-0.2, 0) is 16.1 Å². The summed E-state index contributed by atoms with van der Waals surface area (Å²) in [6.45, 7) is 2.87. The fourth-order valence-electron chi connectivity index (χ4n) is 5.07. The van der Waals surface area contributed by atoms with Gasteiger partial charge in [-0.15, -0.1) is 0 Å². The number of fused-ring (bicyclic) bond motifs is 1. The van der Waals surface area contributed by atoms with Gasteiger partial charge in [0, 0.05) is 25.5 Å². The Morgan fingerprint density at radius 1 is 0.949 bits per heavy atom. The van der Waals surface area contributed by atoms with Crippen LogP contribution in [0.5, 0.6) is 0 Å². The number of hydrogen-bond donors (Lipinski definition) is 3. The number of nitrogens with zero attached hydrogens (tertiary/aromatic N) is 3. The van der Waals surface area contributed by atoms with Crippen LogP contribution in [0.2, 0.25) is 0 Å². The van der Waals surface area contributed by atoms with Gasteiger partial charge >= 0.3 is 5.97 Å². The first-order chi connectivity index (χ1) is 19.0. The van der Waals surface area contributed by atoms with E-state index in [1.54, 1.807) is 4.57 Å². The molecular weight excluding hydrogens is 494 g/mol. The molecule has 0 amide bonds. The highest BCUT2D eigenvalue weighted by Crippen LogP contribution is 2.16. The SMILES string of the molecule is CCCCCCCCCCCCCCCCCCCC(=O)OCC(CCO)Cn1cnc2c(=O)[nH]c(N)nc21. The summed E-state index contributed by atoms with van der Waals surface area (Å²) in [7, 11) is 0. The zero-order chi connectivity index (χ0) is 28.1. The predicted molar refractivity (Wildman–Crippen MR) is 157 cm³/mol. The van der Waals surface area contributed by atoms with Crippen LogP contribution in [0.3, 0.4) is 0 Å². The van der Waals surface area contributed by atoms with Gasteiger partial charge in [0.25, 0.3) is 5.56 Å². The first-order valence-electron chi connectivity index (χ1n) is 15.5. The molecule has 0 aromatic carbocycles. The van der Waals surface area contributed by atoms with Crippen molar-refractivity contribution in [3.63, 3.8) is 0 Å². The standard InChI is InChI=1S/C30H53N5O4/c1-2-3-4-5-6-7-8-9-10-11-12-13-14-15-16-17-18-19-26(37)39-23-25(20-21-36)22-35-24-32-27-28(35)33-30(31)34-29(27)38/h24-25,36H,2-23H2,1H3,(H3,31,33,34,38). The second kappa shape index (κ2) is 20.5.